The molecule has 0 spiro atoms. The second kappa shape index (κ2) is 12.8. The molecule has 0 saturated carbocycles. The first-order valence-electron chi connectivity index (χ1n) is 12.3. The number of amides is 1. The summed E-state index contributed by atoms with van der Waals surface area (Å²) in [5.41, 5.74) is 4.67. The summed E-state index contributed by atoms with van der Waals surface area (Å²) in [6.07, 6.45) is 5.80. The Morgan fingerprint density at radius 2 is 1.63 bits per heavy atom. The lowest BCUT2D eigenvalue weighted by Crippen LogP contribution is -2.31. The second-order valence-corrected chi connectivity index (χ2v) is 11.0. The molecule has 0 aliphatic carbocycles. The van der Waals surface area contributed by atoms with E-state index < -0.39 is 0 Å². The van der Waals surface area contributed by atoms with Crippen molar-refractivity contribution in [3.63, 3.8) is 0 Å². The Morgan fingerprint density at radius 3 is 2.20 bits per heavy atom. The molecule has 186 valence electrons. The summed E-state index contributed by atoms with van der Waals surface area (Å²) >= 11 is 1.68. The molecule has 0 radical (unpaired) electrons. The fourth-order valence-electron chi connectivity index (χ4n) is 3.70. The van der Waals surface area contributed by atoms with Crippen LogP contribution in [0.3, 0.4) is 0 Å². The molecule has 1 aliphatic heterocycles. The molecule has 2 aromatic carbocycles. The van der Waals surface area contributed by atoms with E-state index in [9.17, 15) is 4.79 Å². The van der Waals surface area contributed by atoms with E-state index in [4.69, 9.17) is 4.74 Å². The molecular weight excluding hydrogens is 452 g/mol. The van der Waals surface area contributed by atoms with Gasteiger partial charge in [0.1, 0.15) is 0 Å². The lowest BCUT2D eigenvalue weighted by molar-refractivity contribution is -0.111. The van der Waals surface area contributed by atoms with Crippen molar-refractivity contribution >= 4 is 29.0 Å². The van der Waals surface area contributed by atoms with Gasteiger partial charge in [-0.25, -0.2) is 0 Å². The first kappa shape index (κ1) is 26.9. The third-order valence-corrected chi connectivity index (χ3v) is 7.11. The monoisotopic (exact) mass is 490 g/mol. The summed E-state index contributed by atoms with van der Waals surface area (Å²) in [4.78, 5) is 14.3. The van der Waals surface area contributed by atoms with Crippen LogP contribution in [0.25, 0.3) is 16.5 Å². The summed E-state index contributed by atoms with van der Waals surface area (Å²) < 4.78 is 5.16. The van der Waals surface area contributed by atoms with Gasteiger partial charge < -0.3 is 15.4 Å². The molecule has 2 heterocycles. The Labute approximate surface area is 214 Å². The van der Waals surface area contributed by atoms with Crippen molar-refractivity contribution in [2.75, 3.05) is 25.6 Å². The lowest BCUT2D eigenvalue weighted by Gasteiger charge is -2.20. The number of benzene rings is 2. The number of thiophene rings is 1. The van der Waals surface area contributed by atoms with Gasteiger partial charge in [-0.05, 0) is 73.7 Å². The van der Waals surface area contributed by atoms with Crippen molar-refractivity contribution in [2.45, 2.75) is 52.0 Å². The minimum atomic E-state index is -0.122. The second-order valence-electron chi connectivity index (χ2n) is 9.89. The molecule has 1 fully saturated rings. The molecule has 35 heavy (non-hydrogen) atoms. The van der Waals surface area contributed by atoms with Crippen molar-refractivity contribution in [3.8, 4) is 10.4 Å². The molecule has 4 rings (SSSR count). The van der Waals surface area contributed by atoms with E-state index in [1.54, 1.807) is 17.4 Å². The number of anilines is 1. The van der Waals surface area contributed by atoms with Gasteiger partial charge in [0.25, 0.3) is 0 Å². The average Bonchev–Trinajstić information content (AvgIpc) is 3.34. The van der Waals surface area contributed by atoms with Gasteiger partial charge in [-0.2, -0.15) is 0 Å². The van der Waals surface area contributed by atoms with Gasteiger partial charge in [-0.3, -0.25) is 4.79 Å². The summed E-state index contributed by atoms with van der Waals surface area (Å²) in [6.45, 7) is 10.6. The fraction of sp³-hybridized carbons (Fsp3) is 0.367. The number of nitrogens with one attached hydrogen (secondary N) is 2. The molecular formula is C30H38N2O2S. The van der Waals surface area contributed by atoms with E-state index in [0.29, 0.717) is 6.04 Å². The Kier molecular flexibility index (Phi) is 9.84. The predicted molar refractivity (Wildman–Crippen MR) is 150 cm³/mol. The fourth-order valence-corrected chi connectivity index (χ4v) is 4.61. The summed E-state index contributed by atoms with van der Waals surface area (Å²) in [5, 5.41) is 6.10. The standard InChI is InChI=1S/C24H25NOS.C6H13NO/c1-17-5-11-20(12-6-17)25-23(26)16-14-21-13-15-22(27-21)18-7-9-19(10-8-18)24(2,3)4;1-7-6-2-4-8-5-3-6/h5-16H,1-4H3,(H,25,26);6-7H,2-5H2,1H3. The van der Waals surface area contributed by atoms with E-state index in [0.717, 1.165) is 23.8 Å². The quantitative estimate of drug-likeness (QED) is 0.377. The SMILES string of the molecule is CNC1CCOCC1.Cc1ccc(NC(=O)C=Cc2ccc(-c3ccc(C(C)(C)C)cc3)s2)cc1. The van der Waals surface area contributed by atoms with Crippen LogP contribution in [-0.4, -0.2) is 32.2 Å². The van der Waals surface area contributed by atoms with Gasteiger partial charge in [-0.1, -0.05) is 62.7 Å². The summed E-state index contributed by atoms with van der Waals surface area (Å²) in [6, 6.07) is 21.4. The van der Waals surface area contributed by atoms with E-state index in [1.807, 2.05) is 50.4 Å². The molecule has 1 aliphatic rings. The molecule has 4 nitrogen and oxygen atoms in total. The maximum absolute atomic E-state index is 12.1. The number of carbonyl (C=O) groups excluding carboxylic acids is 1. The maximum atomic E-state index is 12.1. The van der Waals surface area contributed by atoms with Crippen LogP contribution in [0.2, 0.25) is 0 Å². The summed E-state index contributed by atoms with van der Waals surface area (Å²) in [7, 11) is 2.01. The van der Waals surface area contributed by atoms with Crippen LogP contribution in [0.1, 0.15) is 49.6 Å². The Morgan fingerprint density at radius 1 is 0.971 bits per heavy atom. The van der Waals surface area contributed by atoms with Crippen LogP contribution in [0.15, 0.2) is 66.7 Å². The molecule has 0 bridgehead atoms. The number of rotatable bonds is 5. The maximum Gasteiger partial charge on any atom is 0.248 e. The zero-order chi connectivity index (χ0) is 25.3. The molecule has 3 aromatic rings. The normalized spacial score (nSPS) is 14.4. The minimum absolute atomic E-state index is 0.122. The average molecular weight is 491 g/mol. The number of carbonyl (C=O) groups is 1. The van der Waals surface area contributed by atoms with Gasteiger partial charge in [0.15, 0.2) is 0 Å². The topological polar surface area (TPSA) is 50.4 Å². The Bertz CT molecular complexity index is 1090. The summed E-state index contributed by atoms with van der Waals surface area (Å²) in [5.74, 6) is -0.122. The minimum Gasteiger partial charge on any atom is -0.381 e. The molecule has 0 unspecified atom stereocenters. The van der Waals surface area contributed by atoms with Crippen LogP contribution < -0.4 is 10.6 Å². The molecule has 1 aromatic heterocycles. The highest BCUT2D eigenvalue weighted by molar-refractivity contribution is 7.16. The number of hydrogen-bond acceptors (Lipinski definition) is 4. The van der Waals surface area contributed by atoms with Crippen LogP contribution in [0, 0.1) is 6.92 Å². The van der Waals surface area contributed by atoms with Crippen molar-refractivity contribution in [3.05, 3.63) is 82.7 Å². The molecule has 1 saturated heterocycles. The predicted octanol–water partition coefficient (Wildman–Crippen LogP) is 7.06. The zero-order valence-electron chi connectivity index (χ0n) is 21.6. The molecule has 5 heteroatoms. The van der Waals surface area contributed by atoms with Gasteiger partial charge in [-0.15, -0.1) is 11.3 Å². The number of hydrogen-bond donors (Lipinski definition) is 2. The van der Waals surface area contributed by atoms with Crippen LogP contribution in [0.5, 0.6) is 0 Å². The highest BCUT2D eigenvalue weighted by Crippen LogP contribution is 2.31. The van der Waals surface area contributed by atoms with Crippen molar-refractivity contribution < 1.29 is 9.53 Å². The third kappa shape index (κ3) is 8.77. The van der Waals surface area contributed by atoms with Gasteiger partial charge in [0, 0.05) is 40.8 Å². The van der Waals surface area contributed by atoms with Crippen molar-refractivity contribution in [2.24, 2.45) is 0 Å². The first-order chi connectivity index (χ1) is 16.7. The zero-order valence-corrected chi connectivity index (χ0v) is 22.4. The van der Waals surface area contributed by atoms with Gasteiger partial charge in [0.05, 0.1) is 0 Å². The smallest absolute Gasteiger partial charge is 0.248 e. The van der Waals surface area contributed by atoms with E-state index in [2.05, 4.69) is 61.7 Å². The number of ether oxygens (including phenoxy) is 1. The Balaban J connectivity index is 0.000000363. The highest BCUT2D eigenvalue weighted by atomic mass is 32.1. The lowest BCUT2D eigenvalue weighted by atomic mass is 9.86. The van der Waals surface area contributed by atoms with Gasteiger partial charge in [0.2, 0.25) is 5.91 Å². The van der Waals surface area contributed by atoms with Crippen LogP contribution in [0.4, 0.5) is 5.69 Å². The molecule has 0 atom stereocenters. The van der Waals surface area contributed by atoms with Gasteiger partial charge >= 0.3 is 0 Å². The molecule has 2 N–H and O–H groups in total. The van der Waals surface area contributed by atoms with Crippen molar-refractivity contribution in [1.29, 1.82) is 0 Å². The van der Waals surface area contributed by atoms with E-state index >= 15 is 0 Å². The Hall–Kier alpha value is -2.73. The third-order valence-electron chi connectivity index (χ3n) is 6.01. The van der Waals surface area contributed by atoms with Crippen molar-refractivity contribution in [1.82, 2.24) is 5.32 Å². The first-order valence-corrected chi connectivity index (χ1v) is 13.1. The number of aryl methyl sites for hydroxylation is 1. The largest absolute Gasteiger partial charge is 0.381 e. The van der Waals surface area contributed by atoms with Crippen LogP contribution >= 0.6 is 11.3 Å². The van der Waals surface area contributed by atoms with Crippen LogP contribution in [-0.2, 0) is 14.9 Å². The van der Waals surface area contributed by atoms with E-state index in [1.165, 1.54) is 34.4 Å². The highest BCUT2D eigenvalue weighted by Gasteiger charge is 2.13. The van der Waals surface area contributed by atoms with E-state index in [-0.39, 0.29) is 11.3 Å². The molecule has 1 amide bonds.